The smallest absolute Gasteiger partial charge is 0.0787 e. The highest BCUT2D eigenvalue weighted by Gasteiger charge is 2.45. The Morgan fingerprint density at radius 3 is 2.47 bits per heavy atom. The molecule has 1 heterocycles. The molecule has 0 saturated carbocycles. The van der Waals surface area contributed by atoms with E-state index >= 15 is 0 Å². The van der Waals surface area contributed by atoms with Gasteiger partial charge in [0.1, 0.15) is 0 Å². The van der Waals surface area contributed by atoms with Crippen LogP contribution in [0.1, 0.15) is 40.5 Å². The van der Waals surface area contributed by atoms with Gasteiger partial charge in [0.15, 0.2) is 0 Å². The molecule has 0 radical (unpaired) electrons. The molecule has 0 bridgehead atoms. The van der Waals surface area contributed by atoms with Crippen LogP contribution >= 0.6 is 0 Å². The molecule has 0 aromatic rings. The van der Waals surface area contributed by atoms with Gasteiger partial charge in [-0.25, -0.2) is 0 Å². The van der Waals surface area contributed by atoms with Gasteiger partial charge in [0.05, 0.1) is 11.2 Å². The van der Waals surface area contributed by atoms with Crippen molar-refractivity contribution < 1.29 is 9.47 Å². The van der Waals surface area contributed by atoms with Crippen LogP contribution in [-0.4, -0.2) is 37.5 Å². The lowest BCUT2D eigenvalue weighted by molar-refractivity contribution is -0.0698. The molecular formula is C12H25NO2. The molecule has 90 valence electrons. The van der Waals surface area contributed by atoms with E-state index in [9.17, 15) is 0 Å². The molecule has 0 spiro atoms. The summed E-state index contributed by atoms with van der Waals surface area (Å²) in [5.74, 6) is 0. The summed E-state index contributed by atoms with van der Waals surface area (Å²) in [5, 5.41) is 3.56. The Balaban J connectivity index is 2.35. The lowest BCUT2D eigenvalue weighted by Crippen LogP contribution is -2.43. The average Bonchev–Trinajstić information content (AvgIpc) is 2.28. The minimum absolute atomic E-state index is 0.00240. The zero-order valence-electron chi connectivity index (χ0n) is 10.7. The number of rotatable bonds is 5. The van der Waals surface area contributed by atoms with E-state index in [1.165, 1.54) is 0 Å². The second-order valence-electron chi connectivity index (χ2n) is 5.52. The van der Waals surface area contributed by atoms with Crippen LogP contribution in [0.3, 0.4) is 0 Å². The van der Waals surface area contributed by atoms with Crippen molar-refractivity contribution >= 4 is 0 Å². The fourth-order valence-electron chi connectivity index (χ4n) is 2.37. The molecule has 1 atom stereocenters. The first-order valence-electron chi connectivity index (χ1n) is 5.80. The van der Waals surface area contributed by atoms with Crippen LogP contribution in [0.4, 0.5) is 0 Å². The van der Waals surface area contributed by atoms with E-state index in [2.05, 4.69) is 33.0 Å². The van der Waals surface area contributed by atoms with Crippen molar-refractivity contribution in [1.29, 1.82) is 0 Å². The Morgan fingerprint density at radius 1 is 1.33 bits per heavy atom. The Kier molecular flexibility index (Phi) is 4.15. The fourth-order valence-corrected chi connectivity index (χ4v) is 2.37. The number of hydrogen-bond donors (Lipinski definition) is 1. The highest BCUT2D eigenvalue weighted by Crippen LogP contribution is 2.37. The van der Waals surface area contributed by atoms with Crippen molar-refractivity contribution in [3.05, 3.63) is 0 Å². The summed E-state index contributed by atoms with van der Waals surface area (Å²) in [5.41, 5.74) is -0.0566. The van der Waals surface area contributed by atoms with Crippen LogP contribution in [0.25, 0.3) is 0 Å². The summed E-state index contributed by atoms with van der Waals surface area (Å²) in [6, 6.07) is 0.448. The van der Waals surface area contributed by atoms with E-state index in [1.807, 2.05) is 0 Å². The molecule has 0 unspecified atom stereocenters. The third kappa shape index (κ3) is 3.74. The molecule has 3 nitrogen and oxygen atoms in total. The summed E-state index contributed by atoms with van der Waals surface area (Å²) < 4.78 is 11.0. The third-order valence-corrected chi connectivity index (χ3v) is 2.99. The summed E-state index contributed by atoms with van der Waals surface area (Å²) in [6.07, 6.45) is 2.14. The van der Waals surface area contributed by atoms with Gasteiger partial charge in [-0.3, -0.25) is 0 Å². The average molecular weight is 215 g/mol. The Hall–Kier alpha value is -0.120. The number of nitrogens with one attached hydrogen (secondary N) is 1. The predicted octanol–water partition coefficient (Wildman–Crippen LogP) is 1.96. The minimum atomic E-state index is -0.0590. The first kappa shape index (κ1) is 12.9. The van der Waals surface area contributed by atoms with E-state index in [0.717, 1.165) is 26.0 Å². The summed E-state index contributed by atoms with van der Waals surface area (Å²) in [6.45, 7) is 10.5. The molecule has 1 fully saturated rings. The first-order chi connectivity index (χ1) is 6.87. The Bertz CT molecular complexity index is 202. The van der Waals surface area contributed by atoms with E-state index in [1.54, 1.807) is 7.11 Å². The normalized spacial score (nSPS) is 28.2. The molecule has 15 heavy (non-hydrogen) atoms. The second kappa shape index (κ2) is 4.81. The SMILES string of the molecule is COCCCN[C@@H]1CC(C)(C)OC1(C)C. The minimum Gasteiger partial charge on any atom is -0.385 e. The number of ether oxygens (including phenoxy) is 2. The molecule has 1 N–H and O–H groups in total. The monoisotopic (exact) mass is 215 g/mol. The molecule has 1 saturated heterocycles. The lowest BCUT2D eigenvalue weighted by Gasteiger charge is -2.27. The molecule has 1 aliphatic rings. The zero-order valence-corrected chi connectivity index (χ0v) is 10.7. The lowest BCUT2D eigenvalue weighted by atomic mass is 9.94. The largest absolute Gasteiger partial charge is 0.385 e. The maximum Gasteiger partial charge on any atom is 0.0787 e. The molecule has 1 aliphatic heterocycles. The highest BCUT2D eigenvalue weighted by atomic mass is 16.5. The van der Waals surface area contributed by atoms with Crippen LogP contribution in [0.2, 0.25) is 0 Å². The fraction of sp³-hybridized carbons (Fsp3) is 1.00. The second-order valence-corrected chi connectivity index (χ2v) is 5.52. The van der Waals surface area contributed by atoms with Gasteiger partial charge in [0, 0.05) is 19.8 Å². The van der Waals surface area contributed by atoms with Crippen LogP contribution in [0.15, 0.2) is 0 Å². The molecule has 1 rings (SSSR count). The Labute approximate surface area is 93.5 Å². The maximum atomic E-state index is 6.01. The van der Waals surface area contributed by atoms with Gasteiger partial charge in [0.25, 0.3) is 0 Å². The van der Waals surface area contributed by atoms with Gasteiger partial charge in [-0.05, 0) is 47.1 Å². The summed E-state index contributed by atoms with van der Waals surface area (Å²) in [4.78, 5) is 0. The van der Waals surface area contributed by atoms with E-state index in [-0.39, 0.29) is 11.2 Å². The van der Waals surface area contributed by atoms with Crippen LogP contribution < -0.4 is 5.32 Å². The van der Waals surface area contributed by atoms with Crippen LogP contribution in [0.5, 0.6) is 0 Å². The van der Waals surface area contributed by atoms with Gasteiger partial charge in [0.2, 0.25) is 0 Å². The van der Waals surface area contributed by atoms with Crippen molar-refractivity contribution in [2.75, 3.05) is 20.3 Å². The van der Waals surface area contributed by atoms with E-state index in [4.69, 9.17) is 9.47 Å². The van der Waals surface area contributed by atoms with Crippen molar-refractivity contribution in [2.24, 2.45) is 0 Å². The molecule has 3 heteroatoms. The topological polar surface area (TPSA) is 30.5 Å². The van der Waals surface area contributed by atoms with Gasteiger partial charge < -0.3 is 14.8 Å². The first-order valence-corrected chi connectivity index (χ1v) is 5.80. The molecule has 0 aromatic carbocycles. The summed E-state index contributed by atoms with van der Waals surface area (Å²) in [7, 11) is 1.74. The van der Waals surface area contributed by atoms with Crippen molar-refractivity contribution in [3.63, 3.8) is 0 Å². The van der Waals surface area contributed by atoms with Gasteiger partial charge >= 0.3 is 0 Å². The maximum absolute atomic E-state index is 6.01. The Morgan fingerprint density at radius 2 is 2.00 bits per heavy atom. The number of methoxy groups -OCH3 is 1. The molecule has 0 amide bonds. The quantitative estimate of drug-likeness (QED) is 0.711. The van der Waals surface area contributed by atoms with Crippen molar-refractivity contribution in [3.8, 4) is 0 Å². The summed E-state index contributed by atoms with van der Waals surface area (Å²) >= 11 is 0. The standard InChI is InChI=1S/C12H25NO2/c1-11(2)9-10(12(3,4)15-11)13-7-6-8-14-5/h10,13H,6-9H2,1-5H3/t10-/m1/s1. The van der Waals surface area contributed by atoms with Crippen molar-refractivity contribution in [1.82, 2.24) is 5.32 Å². The van der Waals surface area contributed by atoms with Gasteiger partial charge in [-0.15, -0.1) is 0 Å². The molecule has 0 aromatic heterocycles. The van der Waals surface area contributed by atoms with E-state index in [0.29, 0.717) is 6.04 Å². The molecule has 0 aliphatic carbocycles. The number of hydrogen-bond acceptors (Lipinski definition) is 3. The van der Waals surface area contributed by atoms with Crippen LogP contribution in [0, 0.1) is 0 Å². The van der Waals surface area contributed by atoms with Gasteiger partial charge in [-0.2, -0.15) is 0 Å². The third-order valence-electron chi connectivity index (χ3n) is 2.99. The molecular weight excluding hydrogens is 190 g/mol. The van der Waals surface area contributed by atoms with Gasteiger partial charge in [-0.1, -0.05) is 0 Å². The van der Waals surface area contributed by atoms with Crippen LogP contribution in [-0.2, 0) is 9.47 Å². The highest BCUT2D eigenvalue weighted by molar-refractivity contribution is 4.98. The van der Waals surface area contributed by atoms with E-state index < -0.39 is 0 Å². The predicted molar refractivity (Wildman–Crippen MR) is 62.1 cm³/mol. The zero-order chi connectivity index (χ0) is 11.5. The van der Waals surface area contributed by atoms with Crippen molar-refractivity contribution in [2.45, 2.75) is 57.8 Å².